The van der Waals surface area contributed by atoms with Crippen molar-refractivity contribution >= 4 is 33.5 Å². The maximum Gasteiger partial charge on any atom is 0.416 e. The van der Waals surface area contributed by atoms with E-state index in [0.29, 0.717) is 25.2 Å². The van der Waals surface area contributed by atoms with E-state index in [4.69, 9.17) is 16.3 Å². The van der Waals surface area contributed by atoms with Crippen LogP contribution in [-0.4, -0.2) is 50.9 Å². The fourth-order valence-corrected chi connectivity index (χ4v) is 4.45. The number of hydrogen-bond donors (Lipinski definition) is 1. The van der Waals surface area contributed by atoms with Crippen molar-refractivity contribution in [1.29, 1.82) is 0 Å². The lowest BCUT2D eigenvalue weighted by molar-refractivity contribution is -0.158. The molecule has 1 unspecified atom stereocenters. The van der Waals surface area contributed by atoms with Gasteiger partial charge in [0.1, 0.15) is 11.4 Å². The molecule has 1 fully saturated rings. The van der Waals surface area contributed by atoms with E-state index in [9.17, 15) is 31.2 Å². The van der Waals surface area contributed by atoms with Gasteiger partial charge in [-0.15, -0.1) is 0 Å². The molecule has 1 aromatic rings. The maximum atomic E-state index is 12.8. The van der Waals surface area contributed by atoms with Crippen molar-refractivity contribution in [3.8, 4) is 0 Å². The van der Waals surface area contributed by atoms with Gasteiger partial charge in [0.25, 0.3) is 5.91 Å². The zero-order valence-electron chi connectivity index (χ0n) is 16.2. The molecule has 1 aliphatic rings. The second-order valence-electron chi connectivity index (χ2n) is 6.84. The van der Waals surface area contributed by atoms with Gasteiger partial charge in [-0.1, -0.05) is 24.4 Å². The van der Waals surface area contributed by atoms with Crippen molar-refractivity contribution < 1.29 is 35.9 Å². The topological polar surface area (TPSA) is 92.8 Å². The lowest BCUT2D eigenvalue weighted by atomic mass is 10.2. The van der Waals surface area contributed by atoms with E-state index in [2.05, 4.69) is 0 Å². The van der Waals surface area contributed by atoms with E-state index in [-0.39, 0.29) is 5.91 Å². The van der Waals surface area contributed by atoms with Crippen molar-refractivity contribution in [2.75, 3.05) is 19.6 Å². The summed E-state index contributed by atoms with van der Waals surface area (Å²) >= 11 is 5.72. The molecular weight excluding hydrogens is 449 g/mol. The van der Waals surface area contributed by atoms with Crippen molar-refractivity contribution in [2.24, 2.45) is 0 Å². The third kappa shape index (κ3) is 6.58. The first-order valence-electron chi connectivity index (χ1n) is 9.26. The van der Waals surface area contributed by atoms with Gasteiger partial charge in [-0.25, -0.2) is 8.42 Å². The zero-order chi connectivity index (χ0) is 22.5. The Labute approximate surface area is 177 Å². The third-order valence-corrected chi connectivity index (χ3v) is 6.41. The van der Waals surface area contributed by atoms with Gasteiger partial charge in [0.15, 0.2) is 6.10 Å². The number of halogens is 4. The number of carbonyl (C=O) groups excluding carboxylic acids is 2. The number of nitrogens with one attached hydrogen (secondary N) is 1. The number of amides is 1. The monoisotopic (exact) mass is 470 g/mol. The lowest BCUT2D eigenvalue weighted by Crippen LogP contribution is -2.42. The molecular formula is C18H22ClF3N2O5S. The van der Waals surface area contributed by atoms with Crippen molar-refractivity contribution in [3.63, 3.8) is 0 Å². The first-order valence-corrected chi connectivity index (χ1v) is 11.1. The molecule has 0 saturated carbocycles. The Balaban J connectivity index is 1.98. The maximum absolute atomic E-state index is 12.8. The van der Waals surface area contributed by atoms with Crippen LogP contribution in [0.2, 0.25) is 5.02 Å². The Hall–Kier alpha value is -1.85. The molecule has 1 N–H and O–H groups in total. The van der Waals surface area contributed by atoms with Crippen LogP contribution in [0.4, 0.5) is 13.2 Å². The predicted molar refractivity (Wildman–Crippen MR) is 102 cm³/mol. The normalized spacial score (nSPS) is 16.6. The SMILES string of the molecule is CC(OC(=O)CNS(=O)(=O)c1cc(C(F)(F)F)ccc1Cl)C(=O)N1CCCCCC1. The van der Waals surface area contributed by atoms with E-state index in [1.54, 1.807) is 4.90 Å². The molecule has 168 valence electrons. The van der Waals surface area contributed by atoms with Gasteiger partial charge in [0.05, 0.1) is 10.6 Å². The molecule has 30 heavy (non-hydrogen) atoms. The Kier molecular flexibility index (Phi) is 8.12. The number of hydrogen-bond acceptors (Lipinski definition) is 5. The van der Waals surface area contributed by atoms with Gasteiger partial charge in [0.2, 0.25) is 10.0 Å². The quantitative estimate of drug-likeness (QED) is 0.645. The second kappa shape index (κ2) is 9.97. The minimum Gasteiger partial charge on any atom is -0.452 e. The van der Waals surface area contributed by atoms with Gasteiger partial charge >= 0.3 is 12.1 Å². The molecule has 0 radical (unpaired) electrons. The van der Waals surface area contributed by atoms with Crippen LogP contribution in [0.1, 0.15) is 38.2 Å². The Morgan fingerprint density at radius 1 is 1.20 bits per heavy atom. The molecule has 0 spiro atoms. The number of carbonyl (C=O) groups is 2. The van der Waals surface area contributed by atoms with Crippen molar-refractivity contribution in [1.82, 2.24) is 9.62 Å². The number of likely N-dealkylation sites (tertiary alicyclic amines) is 1. The van der Waals surface area contributed by atoms with Crippen molar-refractivity contribution in [2.45, 2.75) is 49.8 Å². The number of ether oxygens (including phenoxy) is 1. The van der Waals surface area contributed by atoms with Crippen LogP contribution in [0.5, 0.6) is 0 Å². The summed E-state index contributed by atoms with van der Waals surface area (Å²) in [5.74, 6) is -1.42. The molecule has 1 saturated heterocycles. The summed E-state index contributed by atoms with van der Waals surface area (Å²) in [4.78, 5) is 25.1. The molecule has 1 amide bonds. The lowest BCUT2D eigenvalue weighted by Gasteiger charge is -2.24. The third-order valence-electron chi connectivity index (χ3n) is 4.53. The molecule has 1 aromatic carbocycles. The average Bonchev–Trinajstić information content (AvgIpc) is 2.94. The standard InChI is InChI=1S/C18H22ClF3N2O5S/c1-12(17(26)24-8-4-2-3-5-9-24)29-16(25)11-23-30(27,28)15-10-13(18(20,21)22)6-7-14(15)19/h6-7,10,12,23H,2-5,8-9,11H2,1H3. The van der Waals surface area contributed by atoms with Gasteiger partial charge in [-0.2, -0.15) is 17.9 Å². The van der Waals surface area contributed by atoms with Gasteiger partial charge in [0, 0.05) is 13.1 Å². The first-order chi connectivity index (χ1) is 13.9. The van der Waals surface area contributed by atoms with Crippen LogP contribution in [0.15, 0.2) is 23.1 Å². The Morgan fingerprint density at radius 3 is 2.37 bits per heavy atom. The van der Waals surface area contributed by atoms with Crippen molar-refractivity contribution in [3.05, 3.63) is 28.8 Å². The van der Waals surface area contributed by atoms with Gasteiger partial charge < -0.3 is 9.64 Å². The van der Waals surface area contributed by atoms with Gasteiger partial charge in [-0.05, 0) is 38.0 Å². The summed E-state index contributed by atoms with van der Waals surface area (Å²) < 4.78 is 69.9. The number of benzene rings is 1. The minimum atomic E-state index is -4.77. The van der Waals surface area contributed by atoms with Crippen LogP contribution in [0.25, 0.3) is 0 Å². The number of esters is 1. The van der Waals surface area contributed by atoms with E-state index in [0.717, 1.165) is 31.7 Å². The summed E-state index contributed by atoms with van der Waals surface area (Å²) in [5, 5.41) is -0.437. The van der Waals surface area contributed by atoms with E-state index in [1.165, 1.54) is 6.92 Å². The van der Waals surface area contributed by atoms with Crippen LogP contribution in [0, 0.1) is 0 Å². The number of nitrogens with zero attached hydrogens (tertiary/aromatic N) is 1. The number of sulfonamides is 1. The number of rotatable bonds is 6. The summed E-state index contributed by atoms with van der Waals surface area (Å²) in [7, 11) is -4.53. The molecule has 1 atom stereocenters. The van der Waals surface area contributed by atoms with Gasteiger partial charge in [-0.3, -0.25) is 9.59 Å². The molecule has 1 aliphatic heterocycles. The van der Waals surface area contributed by atoms with E-state index < -0.39 is 50.3 Å². The van der Waals surface area contributed by atoms with Crippen LogP contribution < -0.4 is 4.72 Å². The van der Waals surface area contributed by atoms with Crippen LogP contribution in [0.3, 0.4) is 0 Å². The highest BCUT2D eigenvalue weighted by Gasteiger charge is 2.33. The molecule has 12 heteroatoms. The van der Waals surface area contributed by atoms with Crippen LogP contribution in [-0.2, 0) is 30.5 Å². The molecule has 0 aliphatic carbocycles. The summed E-state index contributed by atoms with van der Waals surface area (Å²) in [6, 6.07) is 1.83. The second-order valence-corrected chi connectivity index (χ2v) is 8.98. The highest BCUT2D eigenvalue weighted by atomic mass is 35.5. The molecule has 1 heterocycles. The fraction of sp³-hybridized carbons (Fsp3) is 0.556. The molecule has 7 nitrogen and oxygen atoms in total. The Bertz CT molecular complexity index is 884. The number of alkyl halides is 3. The first kappa shape index (κ1) is 24.4. The summed E-state index contributed by atoms with van der Waals surface area (Å²) in [6.45, 7) is 1.62. The highest BCUT2D eigenvalue weighted by molar-refractivity contribution is 7.89. The smallest absolute Gasteiger partial charge is 0.416 e. The van der Waals surface area contributed by atoms with E-state index in [1.807, 2.05) is 4.72 Å². The average molecular weight is 471 g/mol. The minimum absolute atomic E-state index is 0.376. The fourth-order valence-electron chi connectivity index (χ4n) is 2.95. The summed E-state index contributed by atoms with van der Waals surface area (Å²) in [5.41, 5.74) is -1.20. The molecule has 0 bridgehead atoms. The molecule has 2 rings (SSSR count). The van der Waals surface area contributed by atoms with Crippen LogP contribution >= 0.6 is 11.6 Å². The zero-order valence-corrected chi connectivity index (χ0v) is 17.7. The molecule has 0 aromatic heterocycles. The predicted octanol–water partition coefficient (Wildman–Crippen LogP) is 2.97. The van der Waals surface area contributed by atoms with E-state index >= 15 is 0 Å². The Morgan fingerprint density at radius 2 is 1.80 bits per heavy atom. The summed E-state index contributed by atoms with van der Waals surface area (Å²) in [6.07, 6.45) is -2.15. The highest BCUT2D eigenvalue weighted by Crippen LogP contribution is 2.33. The largest absolute Gasteiger partial charge is 0.452 e.